The molecule has 0 heterocycles. The molecule has 2 aromatic rings. The lowest BCUT2D eigenvalue weighted by Crippen LogP contribution is -2.31. The van der Waals surface area contributed by atoms with E-state index in [9.17, 15) is 9.59 Å². The number of ketones is 1. The molecule has 156 valence electrons. The highest BCUT2D eigenvalue weighted by Crippen LogP contribution is 2.30. The minimum absolute atomic E-state index is 0.0740. The van der Waals surface area contributed by atoms with Crippen LogP contribution >= 0.6 is 0 Å². The minimum Gasteiger partial charge on any atom is -0.490 e. The Labute approximate surface area is 172 Å². The lowest BCUT2D eigenvalue weighted by Gasteiger charge is -2.17. The molecule has 6 nitrogen and oxygen atoms in total. The van der Waals surface area contributed by atoms with Crippen LogP contribution in [0.5, 0.6) is 17.2 Å². The molecular weight excluding hydrogens is 370 g/mol. The molecule has 0 fully saturated rings. The molecule has 0 saturated heterocycles. The van der Waals surface area contributed by atoms with Gasteiger partial charge in [0.15, 0.2) is 23.9 Å². The van der Waals surface area contributed by atoms with Crippen molar-refractivity contribution in [2.75, 3.05) is 19.8 Å². The number of amides is 1. The number of rotatable bonds is 11. The largest absolute Gasteiger partial charge is 0.490 e. The molecule has 0 radical (unpaired) electrons. The van der Waals surface area contributed by atoms with Crippen molar-refractivity contribution >= 4 is 11.7 Å². The van der Waals surface area contributed by atoms with Gasteiger partial charge in [0.2, 0.25) is 0 Å². The van der Waals surface area contributed by atoms with Gasteiger partial charge >= 0.3 is 0 Å². The van der Waals surface area contributed by atoms with Crippen molar-refractivity contribution in [2.45, 2.75) is 40.2 Å². The standard InChI is InChI=1S/C23H29NO5/c1-5-20(25)17-8-11-19(12-9-17)29-15-23(26)24-16(4)18-10-13-21(27-6-2)22(14-18)28-7-3/h8-14,16H,5-7,15H2,1-4H3,(H,24,26)/t16-/m1/s1. The Bertz CT molecular complexity index is 817. The number of hydrogen-bond acceptors (Lipinski definition) is 5. The van der Waals surface area contributed by atoms with Gasteiger partial charge < -0.3 is 19.5 Å². The number of benzene rings is 2. The highest BCUT2D eigenvalue weighted by Gasteiger charge is 2.14. The SMILES string of the molecule is CCOc1ccc([C@@H](C)NC(=O)COc2ccc(C(=O)CC)cc2)cc1OCC. The summed E-state index contributed by atoms with van der Waals surface area (Å²) in [5, 5.41) is 2.91. The summed E-state index contributed by atoms with van der Waals surface area (Å²) in [6.45, 7) is 8.52. The second kappa shape index (κ2) is 11.1. The van der Waals surface area contributed by atoms with Gasteiger partial charge in [-0.15, -0.1) is 0 Å². The monoisotopic (exact) mass is 399 g/mol. The quantitative estimate of drug-likeness (QED) is 0.569. The summed E-state index contributed by atoms with van der Waals surface area (Å²) in [5.74, 6) is 1.72. The average Bonchev–Trinajstić information content (AvgIpc) is 2.73. The molecule has 0 bridgehead atoms. The fourth-order valence-corrected chi connectivity index (χ4v) is 2.79. The molecule has 1 N–H and O–H groups in total. The maximum absolute atomic E-state index is 12.3. The molecule has 6 heteroatoms. The lowest BCUT2D eigenvalue weighted by molar-refractivity contribution is -0.123. The predicted molar refractivity (Wildman–Crippen MR) is 112 cm³/mol. The summed E-state index contributed by atoms with van der Waals surface area (Å²) in [4.78, 5) is 23.9. The highest BCUT2D eigenvalue weighted by atomic mass is 16.5. The zero-order valence-electron chi connectivity index (χ0n) is 17.5. The molecule has 0 saturated carbocycles. The first-order chi connectivity index (χ1) is 14.0. The molecule has 2 rings (SSSR count). The van der Waals surface area contributed by atoms with Gasteiger partial charge in [-0.25, -0.2) is 0 Å². The van der Waals surface area contributed by atoms with Crippen molar-refractivity contribution in [1.29, 1.82) is 0 Å². The maximum atomic E-state index is 12.3. The molecule has 1 atom stereocenters. The molecule has 2 aromatic carbocycles. The first-order valence-corrected chi connectivity index (χ1v) is 9.93. The van der Waals surface area contributed by atoms with E-state index in [-0.39, 0.29) is 24.3 Å². The molecule has 1 amide bonds. The van der Waals surface area contributed by atoms with E-state index in [0.717, 1.165) is 5.56 Å². The van der Waals surface area contributed by atoms with Crippen molar-refractivity contribution in [3.63, 3.8) is 0 Å². The molecule has 0 aliphatic rings. The molecule has 0 unspecified atom stereocenters. The normalized spacial score (nSPS) is 11.4. The predicted octanol–water partition coefficient (Wildman–Crippen LogP) is 4.33. The first-order valence-electron chi connectivity index (χ1n) is 9.93. The van der Waals surface area contributed by atoms with E-state index in [0.29, 0.717) is 42.4 Å². The highest BCUT2D eigenvalue weighted by molar-refractivity contribution is 5.95. The van der Waals surface area contributed by atoms with Gasteiger partial charge in [-0.3, -0.25) is 9.59 Å². The summed E-state index contributed by atoms with van der Waals surface area (Å²) in [6, 6.07) is 12.2. The van der Waals surface area contributed by atoms with Gasteiger partial charge in [0.25, 0.3) is 5.91 Å². The van der Waals surface area contributed by atoms with Crippen LogP contribution in [0.2, 0.25) is 0 Å². The third-order valence-corrected chi connectivity index (χ3v) is 4.31. The Kier molecular flexibility index (Phi) is 8.52. The number of nitrogens with one attached hydrogen (secondary N) is 1. The zero-order chi connectivity index (χ0) is 21.2. The van der Waals surface area contributed by atoms with Crippen LogP contribution < -0.4 is 19.5 Å². The molecular formula is C23H29NO5. The zero-order valence-corrected chi connectivity index (χ0v) is 17.5. The molecule has 0 aliphatic heterocycles. The van der Waals surface area contributed by atoms with Gasteiger partial charge in [0, 0.05) is 12.0 Å². The molecule has 0 spiro atoms. The van der Waals surface area contributed by atoms with Gasteiger partial charge in [-0.1, -0.05) is 13.0 Å². The van der Waals surface area contributed by atoms with Crippen LogP contribution in [0.15, 0.2) is 42.5 Å². The van der Waals surface area contributed by atoms with Crippen LogP contribution in [0.3, 0.4) is 0 Å². The van der Waals surface area contributed by atoms with Crippen LogP contribution in [0.4, 0.5) is 0 Å². The van der Waals surface area contributed by atoms with Crippen molar-refractivity contribution in [3.05, 3.63) is 53.6 Å². The number of hydrogen-bond donors (Lipinski definition) is 1. The van der Waals surface area contributed by atoms with Crippen LogP contribution in [0, 0.1) is 0 Å². The van der Waals surface area contributed by atoms with E-state index in [1.807, 2.05) is 45.9 Å². The Hall–Kier alpha value is -3.02. The molecule has 0 aliphatic carbocycles. The van der Waals surface area contributed by atoms with Crippen molar-refractivity contribution in [2.24, 2.45) is 0 Å². The van der Waals surface area contributed by atoms with Gasteiger partial charge in [0.1, 0.15) is 5.75 Å². The maximum Gasteiger partial charge on any atom is 0.258 e. The third-order valence-electron chi connectivity index (χ3n) is 4.31. The summed E-state index contributed by atoms with van der Waals surface area (Å²) in [5.41, 5.74) is 1.55. The van der Waals surface area contributed by atoms with Crippen LogP contribution in [0.1, 0.15) is 56.1 Å². The molecule has 29 heavy (non-hydrogen) atoms. The van der Waals surface area contributed by atoms with E-state index in [1.165, 1.54) is 0 Å². The van der Waals surface area contributed by atoms with Gasteiger partial charge in [0.05, 0.1) is 19.3 Å². The summed E-state index contributed by atoms with van der Waals surface area (Å²) >= 11 is 0. The summed E-state index contributed by atoms with van der Waals surface area (Å²) < 4.78 is 16.7. The van der Waals surface area contributed by atoms with Gasteiger partial charge in [-0.05, 0) is 62.7 Å². The van der Waals surface area contributed by atoms with E-state index >= 15 is 0 Å². The number of carbonyl (C=O) groups is 2. The van der Waals surface area contributed by atoms with Crippen molar-refractivity contribution < 1.29 is 23.8 Å². The molecule has 0 aromatic heterocycles. The Morgan fingerprint density at radius 2 is 1.55 bits per heavy atom. The van der Waals surface area contributed by atoms with E-state index in [2.05, 4.69) is 5.32 Å². The second-order valence-electron chi connectivity index (χ2n) is 6.45. The minimum atomic E-state index is -0.238. The van der Waals surface area contributed by atoms with E-state index in [1.54, 1.807) is 24.3 Å². The fraction of sp³-hybridized carbons (Fsp3) is 0.391. The fourth-order valence-electron chi connectivity index (χ4n) is 2.79. The second-order valence-corrected chi connectivity index (χ2v) is 6.45. The van der Waals surface area contributed by atoms with Crippen molar-refractivity contribution in [1.82, 2.24) is 5.32 Å². The van der Waals surface area contributed by atoms with Crippen LogP contribution in [-0.4, -0.2) is 31.5 Å². The smallest absolute Gasteiger partial charge is 0.258 e. The summed E-state index contributed by atoms with van der Waals surface area (Å²) in [6.07, 6.45) is 0.455. The number of Topliss-reactive ketones (excluding diaryl/α,β-unsaturated/α-hetero) is 1. The summed E-state index contributed by atoms with van der Waals surface area (Å²) in [7, 11) is 0. The Morgan fingerprint density at radius 1 is 0.897 bits per heavy atom. The van der Waals surface area contributed by atoms with E-state index in [4.69, 9.17) is 14.2 Å². The lowest BCUT2D eigenvalue weighted by atomic mass is 10.1. The Balaban J connectivity index is 1.93. The van der Waals surface area contributed by atoms with Crippen LogP contribution in [0.25, 0.3) is 0 Å². The van der Waals surface area contributed by atoms with Crippen LogP contribution in [-0.2, 0) is 4.79 Å². The number of carbonyl (C=O) groups excluding carboxylic acids is 2. The van der Waals surface area contributed by atoms with Gasteiger partial charge in [-0.2, -0.15) is 0 Å². The third kappa shape index (κ3) is 6.52. The first kappa shape index (κ1) is 22.3. The Morgan fingerprint density at radius 3 is 2.17 bits per heavy atom. The topological polar surface area (TPSA) is 73.9 Å². The van der Waals surface area contributed by atoms with E-state index < -0.39 is 0 Å². The average molecular weight is 399 g/mol. The number of ether oxygens (including phenoxy) is 3. The van der Waals surface area contributed by atoms with Crippen molar-refractivity contribution in [3.8, 4) is 17.2 Å².